The van der Waals surface area contributed by atoms with E-state index in [2.05, 4.69) is 0 Å². The summed E-state index contributed by atoms with van der Waals surface area (Å²) in [5.74, 6) is 0.104. The molecule has 0 aliphatic heterocycles. The van der Waals surface area contributed by atoms with Crippen LogP contribution in [0.4, 0.5) is 4.79 Å². The van der Waals surface area contributed by atoms with Crippen LogP contribution in [0, 0.1) is 0 Å². The van der Waals surface area contributed by atoms with Crippen molar-refractivity contribution in [2.24, 2.45) is 0 Å². The maximum Gasteiger partial charge on any atom is 0.410 e. The molecule has 14 heavy (non-hydrogen) atoms. The summed E-state index contributed by atoms with van der Waals surface area (Å²) in [6, 6.07) is 0. The van der Waals surface area contributed by atoms with Crippen molar-refractivity contribution in [3.8, 4) is 0 Å². The highest BCUT2D eigenvalue weighted by Gasteiger charge is 2.20. The topological polar surface area (TPSA) is 49.8 Å². The van der Waals surface area contributed by atoms with Gasteiger partial charge in [0, 0.05) is 7.05 Å². The lowest BCUT2D eigenvalue weighted by atomic mass is 10.2. The number of hydrogen-bond acceptors (Lipinski definition) is 3. The van der Waals surface area contributed by atoms with Crippen LogP contribution >= 0.6 is 11.6 Å². The van der Waals surface area contributed by atoms with Crippen LogP contribution < -0.4 is 0 Å². The van der Waals surface area contributed by atoms with Crippen LogP contribution in [-0.4, -0.2) is 47.3 Å². The molecule has 0 spiro atoms. The van der Waals surface area contributed by atoms with Gasteiger partial charge in [-0.1, -0.05) is 0 Å². The van der Waals surface area contributed by atoms with Crippen molar-refractivity contribution in [2.75, 3.05) is 19.5 Å². The normalized spacial score (nSPS) is 13.6. The van der Waals surface area contributed by atoms with Crippen LogP contribution in [0.3, 0.4) is 0 Å². The number of hydrogen-bond donors (Lipinski definition) is 1. The second-order valence-corrected chi connectivity index (χ2v) is 4.48. The van der Waals surface area contributed by atoms with Crippen LogP contribution in [0.5, 0.6) is 0 Å². The molecule has 0 aliphatic carbocycles. The molecule has 1 amide bonds. The van der Waals surface area contributed by atoms with Gasteiger partial charge in [0.15, 0.2) is 0 Å². The smallest absolute Gasteiger partial charge is 0.410 e. The van der Waals surface area contributed by atoms with Gasteiger partial charge in [-0.25, -0.2) is 4.79 Å². The molecule has 84 valence electrons. The number of amides is 1. The molecule has 0 heterocycles. The van der Waals surface area contributed by atoms with Gasteiger partial charge in [0.2, 0.25) is 0 Å². The number of likely N-dealkylation sites (N-methyl/N-ethyl adjacent to an activating group) is 1. The van der Waals surface area contributed by atoms with Crippen LogP contribution in [0.15, 0.2) is 0 Å². The van der Waals surface area contributed by atoms with Gasteiger partial charge in [-0.2, -0.15) is 0 Å². The van der Waals surface area contributed by atoms with E-state index in [-0.39, 0.29) is 12.4 Å². The van der Waals surface area contributed by atoms with E-state index in [4.69, 9.17) is 16.3 Å². The van der Waals surface area contributed by atoms with Crippen molar-refractivity contribution in [2.45, 2.75) is 32.5 Å². The molecule has 0 aliphatic rings. The number of ether oxygens (including phenoxy) is 1. The lowest BCUT2D eigenvalue weighted by Gasteiger charge is -2.25. The van der Waals surface area contributed by atoms with Gasteiger partial charge < -0.3 is 14.7 Å². The Hall–Kier alpha value is -0.480. The quantitative estimate of drug-likeness (QED) is 0.737. The fraction of sp³-hybridized carbons (Fsp3) is 0.889. The summed E-state index contributed by atoms with van der Waals surface area (Å²) < 4.78 is 5.08. The molecule has 0 fully saturated rings. The number of aliphatic hydroxyl groups excluding tert-OH is 1. The van der Waals surface area contributed by atoms with Crippen LogP contribution in [-0.2, 0) is 4.74 Å². The predicted octanol–water partition coefficient (Wildman–Crippen LogP) is 1.45. The molecule has 0 aromatic carbocycles. The summed E-state index contributed by atoms with van der Waals surface area (Å²) in [6.07, 6.45) is -1.17. The van der Waals surface area contributed by atoms with Crippen molar-refractivity contribution in [1.29, 1.82) is 0 Å². The zero-order chi connectivity index (χ0) is 11.4. The Labute approximate surface area is 89.8 Å². The molecule has 0 saturated heterocycles. The van der Waals surface area contributed by atoms with Crippen LogP contribution in [0.1, 0.15) is 20.8 Å². The summed E-state index contributed by atoms with van der Waals surface area (Å²) in [5, 5.41) is 9.19. The van der Waals surface area contributed by atoms with Crippen molar-refractivity contribution in [1.82, 2.24) is 4.90 Å². The van der Waals surface area contributed by atoms with Gasteiger partial charge in [0.1, 0.15) is 5.60 Å². The first-order chi connectivity index (χ1) is 6.26. The first-order valence-corrected chi connectivity index (χ1v) is 4.98. The first-order valence-electron chi connectivity index (χ1n) is 4.44. The fourth-order valence-electron chi connectivity index (χ4n) is 0.779. The average Bonchev–Trinajstić information content (AvgIpc) is 2.00. The van der Waals surface area contributed by atoms with Crippen LogP contribution in [0.2, 0.25) is 0 Å². The minimum Gasteiger partial charge on any atom is -0.444 e. The highest BCUT2D eigenvalue weighted by atomic mass is 35.5. The van der Waals surface area contributed by atoms with E-state index in [1.807, 2.05) is 0 Å². The average molecular weight is 224 g/mol. The van der Waals surface area contributed by atoms with Gasteiger partial charge in [0.25, 0.3) is 0 Å². The minimum atomic E-state index is -0.714. The summed E-state index contributed by atoms with van der Waals surface area (Å²) in [6.45, 7) is 5.54. The maximum atomic E-state index is 11.4. The van der Waals surface area contributed by atoms with Gasteiger partial charge >= 0.3 is 6.09 Å². The summed E-state index contributed by atoms with van der Waals surface area (Å²) in [5.41, 5.74) is -0.517. The minimum absolute atomic E-state index is 0.104. The molecule has 1 atom stereocenters. The Bertz CT molecular complexity index is 191. The Kier molecular flexibility index (Phi) is 5.23. The zero-order valence-corrected chi connectivity index (χ0v) is 9.84. The van der Waals surface area contributed by atoms with E-state index in [1.165, 1.54) is 4.90 Å². The SMILES string of the molecule is CN(CC(O)CCl)C(=O)OC(C)(C)C. The molecule has 5 heteroatoms. The molecule has 0 rings (SSSR count). The Morgan fingerprint density at radius 3 is 2.43 bits per heavy atom. The molecular formula is C9H18ClNO3. The van der Waals surface area contributed by atoms with E-state index in [0.29, 0.717) is 0 Å². The van der Waals surface area contributed by atoms with E-state index in [0.717, 1.165) is 0 Å². The van der Waals surface area contributed by atoms with E-state index in [9.17, 15) is 9.90 Å². The maximum absolute atomic E-state index is 11.4. The number of carbonyl (C=O) groups is 1. The lowest BCUT2D eigenvalue weighted by Crippen LogP contribution is -2.38. The Morgan fingerprint density at radius 2 is 2.07 bits per heavy atom. The number of aliphatic hydroxyl groups is 1. The third-order valence-electron chi connectivity index (χ3n) is 1.37. The highest BCUT2D eigenvalue weighted by Crippen LogP contribution is 2.09. The van der Waals surface area contributed by atoms with Crippen molar-refractivity contribution in [3.05, 3.63) is 0 Å². The molecule has 0 radical (unpaired) electrons. The summed E-state index contributed by atoms with van der Waals surface area (Å²) >= 11 is 5.41. The molecular weight excluding hydrogens is 206 g/mol. The van der Waals surface area contributed by atoms with Crippen molar-refractivity contribution < 1.29 is 14.6 Å². The second kappa shape index (κ2) is 5.41. The van der Waals surface area contributed by atoms with E-state index >= 15 is 0 Å². The summed E-state index contributed by atoms with van der Waals surface area (Å²) in [7, 11) is 1.56. The van der Waals surface area contributed by atoms with Crippen LogP contribution in [0.25, 0.3) is 0 Å². The molecule has 1 unspecified atom stereocenters. The molecule has 0 aromatic rings. The zero-order valence-electron chi connectivity index (χ0n) is 9.08. The van der Waals surface area contributed by atoms with Crippen molar-refractivity contribution in [3.63, 3.8) is 0 Å². The molecule has 0 aromatic heterocycles. The third-order valence-corrected chi connectivity index (χ3v) is 1.72. The highest BCUT2D eigenvalue weighted by molar-refractivity contribution is 6.18. The largest absolute Gasteiger partial charge is 0.444 e. The second-order valence-electron chi connectivity index (χ2n) is 4.17. The standard InChI is InChI=1S/C9H18ClNO3/c1-9(2,3)14-8(13)11(4)6-7(12)5-10/h7,12H,5-6H2,1-4H3. The predicted molar refractivity (Wildman–Crippen MR) is 55.6 cm³/mol. The van der Waals surface area contributed by atoms with Gasteiger partial charge in [-0.05, 0) is 20.8 Å². The van der Waals surface area contributed by atoms with E-state index in [1.54, 1.807) is 27.8 Å². The lowest BCUT2D eigenvalue weighted by molar-refractivity contribution is 0.0223. The fourth-order valence-corrected chi connectivity index (χ4v) is 0.877. The molecule has 1 N–H and O–H groups in total. The first kappa shape index (κ1) is 13.5. The Morgan fingerprint density at radius 1 is 1.57 bits per heavy atom. The van der Waals surface area contributed by atoms with E-state index < -0.39 is 17.8 Å². The van der Waals surface area contributed by atoms with Gasteiger partial charge in [-0.15, -0.1) is 11.6 Å². The van der Waals surface area contributed by atoms with Gasteiger partial charge in [-0.3, -0.25) is 0 Å². The van der Waals surface area contributed by atoms with Gasteiger partial charge in [0.05, 0.1) is 18.5 Å². The number of alkyl halides is 1. The number of halogens is 1. The third kappa shape index (κ3) is 6.05. The molecule has 0 bridgehead atoms. The Balaban J connectivity index is 4.00. The number of nitrogens with zero attached hydrogens (tertiary/aromatic N) is 1. The number of rotatable bonds is 3. The monoisotopic (exact) mass is 223 g/mol. The van der Waals surface area contributed by atoms with Crippen molar-refractivity contribution >= 4 is 17.7 Å². The number of carbonyl (C=O) groups excluding carboxylic acids is 1. The molecule has 4 nitrogen and oxygen atoms in total. The summed E-state index contributed by atoms with van der Waals surface area (Å²) in [4.78, 5) is 12.7. The molecule has 0 saturated carbocycles.